The van der Waals surface area contributed by atoms with Crippen molar-refractivity contribution in [2.24, 2.45) is 11.7 Å². The van der Waals surface area contributed by atoms with Gasteiger partial charge < -0.3 is 10.6 Å². The molecule has 0 bridgehead atoms. The van der Waals surface area contributed by atoms with Crippen molar-refractivity contribution in [2.75, 3.05) is 13.1 Å². The summed E-state index contributed by atoms with van der Waals surface area (Å²) < 4.78 is 13.0. The summed E-state index contributed by atoms with van der Waals surface area (Å²) in [6.45, 7) is 5.18. The minimum absolute atomic E-state index is 0.0220. The van der Waals surface area contributed by atoms with Crippen molar-refractivity contribution in [1.29, 1.82) is 0 Å². The number of nitrogens with zero attached hydrogens (tertiary/aromatic N) is 1. The molecule has 1 fully saturated rings. The number of aryl methyl sites for hydroxylation is 1. The summed E-state index contributed by atoms with van der Waals surface area (Å²) in [4.78, 5) is 14.2. The van der Waals surface area contributed by atoms with Crippen molar-refractivity contribution >= 4 is 5.91 Å². The number of rotatable bonds is 1. The number of hydrogen-bond donors (Lipinski definition) is 1. The first-order chi connectivity index (χ1) is 8.49. The Morgan fingerprint density at radius 1 is 1.50 bits per heavy atom. The molecule has 1 saturated heterocycles. The molecule has 0 spiro atoms. The molecule has 2 unspecified atom stereocenters. The van der Waals surface area contributed by atoms with Gasteiger partial charge in [-0.2, -0.15) is 0 Å². The Bertz CT molecular complexity index is 461. The zero-order chi connectivity index (χ0) is 13.3. The normalized spacial score (nSPS) is 24.1. The van der Waals surface area contributed by atoms with Gasteiger partial charge in [0.1, 0.15) is 5.82 Å². The number of amides is 1. The van der Waals surface area contributed by atoms with Crippen LogP contribution in [0.15, 0.2) is 18.2 Å². The number of nitrogens with two attached hydrogens (primary N) is 1. The molecule has 1 aromatic carbocycles. The summed E-state index contributed by atoms with van der Waals surface area (Å²) in [5, 5.41) is 0. The molecule has 0 aromatic heterocycles. The third-order valence-corrected chi connectivity index (χ3v) is 3.68. The second-order valence-electron chi connectivity index (χ2n) is 5.14. The number of likely N-dealkylation sites (tertiary alicyclic amines) is 1. The van der Waals surface area contributed by atoms with E-state index in [1.54, 1.807) is 13.0 Å². The number of hydrogen-bond acceptors (Lipinski definition) is 2. The van der Waals surface area contributed by atoms with Crippen LogP contribution in [0.2, 0.25) is 0 Å². The number of halogens is 1. The first-order valence-corrected chi connectivity index (χ1v) is 6.30. The van der Waals surface area contributed by atoms with Gasteiger partial charge >= 0.3 is 0 Å². The molecule has 0 aliphatic carbocycles. The van der Waals surface area contributed by atoms with Gasteiger partial charge in [-0.25, -0.2) is 4.39 Å². The van der Waals surface area contributed by atoms with Gasteiger partial charge in [-0.15, -0.1) is 0 Å². The van der Waals surface area contributed by atoms with Gasteiger partial charge in [-0.05, 0) is 43.0 Å². The van der Waals surface area contributed by atoms with E-state index in [9.17, 15) is 9.18 Å². The highest BCUT2D eigenvalue weighted by atomic mass is 19.1. The lowest BCUT2D eigenvalue weighted by atomic mass is 9.94. The maximum Gasteiger partial charge on any atom is 0.254 e. The third kappa shape index (κ3) is 2.53. The average Bonchev–Trinajstić information content (AvgIpc) is 2.32. The summed E-state index contributed by atoms with van der Waals surface area (Å²) in [6, 6.07) is 4.46. The summed E-state index contributed by atoms with van der Waals surface area (Å²) in [6.07, 6.45) is 0.827. The van der Waals surface area contributed by atoms with Gasteiger partial charge in [-0.3, -0.25) is 4.79 Å². The van der Waals surface area contributed by atoms with Gasteiger partial charge in [0, 0.05) is 24.7 Å². The molecule has 1 aliphatic rings. The van der Waals surface area contributed by atoms with Crippen LogP contribution in [0, 0.1) is 18.7 Å². The van der Waals surface area contributed by atoms with Crippen molar-refractivity contribution in [1.82, 2.24) is 4.90 Å². The first kappa shape index (κ1) is 13.0. The maximum atomic E-state index is 13.0. The molecule has 2 rings (SSSR count). The fourth-order valence-electron chi connectivity index (χ4n) is 2.39. The number of piperidine rings is 1. The lowest BCUT2D eigenvalue weighted by Gasteiger charge is -2.35. The van der Waals surface area contributed by atoms with Crippen LogP contribution >= 0.6 is 0 Å². The monoisotopic (exact) mass is 250 g/mol. The van der Waals surface area contributed by atoms with Crippen LogP contribution in [0.25, 0.3) is 0 Å². The molecule has 0 saturated carbocycles. The smallest absolute Gasteiger partial charge is 0.254 e. The third-order valence-electron chi connectivity index (χ3n) is 3.68. The Hall–Kier alpha value is -1.42. The molecule has 2 atom stereocenters. The van der Waals surface area contributed by atoms with Crippen molar-refractivity contribution in [2.45, 2.75) is 26.3 Å². The van der Waals surface area contributed by atoms with Crippen LogP contribution < -0.4 is 5.73 Å². The van der Waals surface area contributed by atoms with Gasteiger partial charge in [0.25, 0.3) is 5.91 Å². The van der Waals surface area contributed by atoms with E-state index in [0.29, 0.717) is 30.1 Å². The summed E-state index contributed by atoms with van der Waals surface area (Å²) in [7, 11) is 0. The van der Waals surface area contributed by atoms with E-state index in [0.717, 1.165) is 6.42 Å². The molecule has 1 aliphatic heterocycles. The quantitative estimate of drug-likeness (QED) is 0.828. The topological polar surface area (TPSA) is 46.3 Å². The Morgan fingerprint density at radius 2 is 2.22 bits per heavy atom. The molecule has 0 radical (unpaired) electrons. The second kappa shape index (κ2) is 5.06. The molecule has 4 heteroatoms. The molecular weight excluding hydrogens is 231 g/mol. The molecule has 1 heterocycles. The second-order valence-corrected chi connectivity index (χ2v) is 5.14. The van der Waals surface area contributed by atoms with Crippen LogP contribution in [0.4, 0.5) is 4.39 Å². The highest BCUT2D eigenvalue weighted by Gasteiger charge is 2.27. The van der Waals surface area contributed by atoms with Gasteiger partial charge in [0.05, 0.1) is 0 Å². The van der Waals surface area contributed by atoms with Crippen LogP contribution in [0.5, 0.6) is 0 Å². The molecule has 1 amide bonds. The lowest BCUT2D eigenvalue weighted by molar-refractivity contribution is 0.0663. The molecule has 1 aromatic rings. The fourth-order valence-corrected chi connectivity index (χ4v) is 2.39. The standard InChI is InChI=1S/C14H19FN2O/c1-9-7-11(15)3-4-12(9)14(18)17-6-5-13(16)10(2)8-17/h3-4,7,10,13H,5-6,8,16H2,1-2H3. The van der Waals surface area contributed by atoms with E-state index >= 15 is 0 Å². The zero-order valence-corrected chi connectivity index (χ0v) is 10.8. The zero-order valence-electron chi connectivity index (χ0n) is 10.8. The summed E-state index contributed by atoms with van der Waals surface area (Å²) in [5.41, 5.74) is 7.21. The minimum atomic E-state index is -0.307. The predicted molar refractivity (Wildman–Crippen MR) is 68.8 cm³/mol. The van der Waals surface area contributed by atoms with Crippen molar-refractivity contribution < 1.29 is 9.18 Å². The van der Waals surface area contributed by atoms with E-state index < -0.39 is 0 Å². The number of benzene rings is 1. The molecule has 2 N–H and O–H groups in total. The molecule has 3 nitrogen and oxygen atoms in total. The summed E-state index contributed by atoms with van der Waals surface area (Å²) in [5.74, 6) is -0.0206. The SMILES string of the molecule is Cc1cc(F)ccc1C(=O)N1CCC(N)C(C)C1. The average molecular weight is 250 g/mol. The Morgan fingerprint density at radius 3 is 2.83 bits per heavy atom. The first-order valence-electron chi connectivity index (χ1n) is 6.30. The molecule has 98 valence electrons. The van der Waals surface area contributed by atoms with Crippen molar-refractivity contribution in [3.8, 4) is 0 Å². The van der Waals surface area contributed by atoms with Crippen LogP contribution in [0.3, 0.4) is 0 Å². The Balaban J connectivity index is 2.16. The minimum Gasteiger partial charge on any atom is -0.338 e. The predicted octanol–water partition coefficient (Wildman–Crippen LogP) is 1.94. The highest BCUT2D eigenvalue weighted by Crippen LogP contribution is 2.19. The van der Waals surface area contributed by atoms with Gasteiger partial charge in [0.2, 0.25) is 0 Å². The maximum absolute atomic E-state index is 13.0. The van der Waals surface area contributed by atoms with E-state index in [-0.39, 0.29) is 17.8 Å². The molecule has 18 heavy (non-hydrogen) atoms. The highest BCUT2D eigenvalue weighted by molar-refractivity contribution is 5.95. The van der Waals surface area contributed by atoms with Crippen molar-refractivity contribution in [3.63, 3.8) is 0 Å². The van der Waals surface area contributed by atoms with E-state index in [4.69, 9.17) is 5.73 Å². The summed E-state index contributed by atoms with van der Waals surface area (Å²) >= 11 is 0. The lowest BCUT2D eigenvalue weighted by Crippen LogP contribution is -2.48. The van der Waals surface area contributed by atoms with Crippen LogP contribution in [0.1, 0.15) is 29.3 Å². The molecular formula is C14H19FN2O. The van der Waals surface area contributed by atoms with E-state index in [2.05, 4.69) is 6.92 Å². The van der Waals surface area contributed by atoms with Gasteiger partial charge in [0.15, 0.2) is 0 Å². The Kier molecular flexibility index (Phi) is 3.66. The largest absolute Gasteiger partial charge is 0.338 e. The van der Waals surface area contributed by atoms with Crippen LogP contribution in [-0.4, -0.2) is 29.9 Å². The number of carbonyl (C=O) groups is 1. The van der Waals surface area contributed by atoms with E-state index in [1.807, 2.05) is 4.90 Å². The van der Waals surface area contributed by atoms with E-state index in [1.165, 1.54) is 12.1 Å². The van der Waals surface area contributed by atoms with Crippen LogP contribution in [-0.2, 0) is 0 Å². The fraction of sp³-hybridized carbons (Fsp3) is 0.500. The van der Waals surface area contributed by atoms with Gasteiger partial charge in [-0.1, -0.05) is 6.92 Å². The Labute approximate surface area is 107 Å². The van der Waals surface area contributed by atoms with Crippen molar-refractivity contribution in [3.05, 3.63) is 35.1 Å². The number of carbonyl (C=O) groups excluding carboxylic acids is 1.